The van der Waals surface area contributed by atoms with Crippen LogP contribution in [0, 0.1) is 0 Å². The SMILES string of the molecule is FC(F)(F)c1ccc(Cl)c(-c2ccc(CN3CCc4nc(C5CCCCC5)ncc4C3)o2)c1. The third kappa shape index (κ3) is 4.94. The highest BCUT2D eigenvalue weighted by molar-refractivity contribution is 6.33. The van der Waals surface area contributed by atoms with Gasteiger partial charge in [-0.15, -0.1) is 0 Å². The van der Waals surface area contributed by atoms with Crippen LogP contribution in [0.25, 0.3) is 11.3 Å². The molecule has 8 heteroatoms. The molecule has 1 aliphatic carbocycles. The van der Waals surface area contributed by atoms with Crippen molar-refractivity contribution in [2.45, 2.75) is 63.7 Å². The van der Waals surface area contributed by atoms with Gasteiger partial charge < -0.3 is 4.42 Å². The van der Waals surface area contributed by atoms with Gasteiger partial charge in [-0.2, -0.15) is 13.2 Å². The van der Waals surface area contributed by atoms with Crippen LogP contribution in [-0.2, 0) is 25.7 Å². The molecule has 2 aliphatic rings. The van der Waals surface area contributed by atoms with E-state index in [1.807, 2.05) is 6.20 Å². The predicted octanol–water partition coefficient (Wildman–Crippen LogP) is 7.01. The molecule has 1 aliphatic heterocycles. The number of halogens is 4. The zero-order valence-electron chi connectivity index (χ0n) is 18.2. The van der Waals surface area contributed by atoms with Crippen LogP contribution in [-0.4, -0.2) is 21.4 Å². The molecule has 174 valence electrons. The van der Waals surface area contributed by atoms with E-state index < -0.39 is 11.7 Å². The highest BCUT2D eigenvalue weighted by Gasteiger charge is 2.31. The quantitative estimate of drug-likeness (QED) is 0.407. The average molecular weight is 476 g/mol. The molecule has 0 amide bonds. The lowest BCUT2D eigenvalue weighted by Gasteiger charge is -2.28. The molecule has 1 aromatic carbocycles. The summed E-state index contributed by atoms with van der Waals surface area (Å²) in [5.74, 6) is 2.50. The van der Waals surface area contributed by atoms with Gasteiger partial charge in [0.05, 0.1) is 17.1 Å². The molecular formula is C25H25ClF3N3O. The van der Waals surface area contributed by atoms with Gasteiger partial charge in [0, 0.05) is 48.4 Å². The van der Waals surface area contributed by atoms with E-state index in [0.29, 0.717) is 24.0 Å². The maximum absolute atomic E-state index is 13.1. The predicted molar refractivity (Wildman–Crippen MR) is 120 cm³/mol. The Morgan fingerprint density at radius 1 is 1.09 bits per heavy atom. The first-order valence-electron chi connectivity index (χ1n) is 11.4. The molecular weight excluding hydrogens is 451 g/mol. The highest BCUT2D eigenvalue weighted by Crippen LogP contribution is 2.37. The summed E-state index contributed by atoms with van der Waals surface area (Å²) in [4.78, 5) is 11.8. The van der Waals surface area contributed by atoms with Crippen LogP contribution in [0.15, 0.2) is 40.9 Å². The third-order valence-corrected chi connectivity index (χ3v) is 6.93. The van der Waals surface area contributed by atoms with Gasteiger partial charge in [-0.1, -0.05) is 30.9 Å². The Balaban J connectivity index is 1.28. The van der Waals surface area contributed by atoms with Crippen LogP contribution in [0.3, 0.4) is 0 Å². The minimum Gasteiger partial charge on any atom is -0.460 e. The van der Waals surface area contributed by atoms with Crippen LogP contribution in [0.4, 0.5) is 13.2 Å². The number of aromatic nitrogens is 2. The lowest BCUT2D eigenvalue weighted by Crippen LogP contribution is -2.31. The van der Waals surface area contributed by atoms with E-state index in [2.05, 4.69) is 9.88 Å². The summed E-state index contributed by atoms with van der Waals surface area (Å²) < 4.78 is 45.2. The van der Waals surface area contributed by atoms with Gasteiger partial charge in [-0.05, 0) is 43.2 Å². The molecule has 0 bridgehead atoms. The fraction of sp³-hybridized carbons (Fsp3) is 0.440. The first-order chi connectivity index (χ1) is 15.9. The fourth-order valence-electron chi connectivity index (χ4n) is 4.80. The first-order valence-corrected chi connectivity index (χ1v) is 11.8. The molecule has 0 radical (unpaired) electrons. The summed E-state index contributed by atoms with van der Waals surface area (Å²) in [6.45, 7) is 2.12. The molecule has 3 heterocycles. The minimum absolute atomic E-state index is 0.224. The number of furan rings is 1. The molecule has 0 spiro atoms. The molecule has 0 atom stereocenters. The van der Waals surface area contributed by atoms with Crippen molar-refractivity contribution in [3.63, 3.8) is 0 Å². The van der Waals surface area contributed by atoms with Crippen LogP contribution >= 0.6 is 11.6 Å². The Labute approximate surface area is 195 Å². The van der Waals surface area contributed by atoms with Crippen LogP contribution in [0.1, 0.15) is 66.4 Å². The molecule has 33 heavy (non-hydrogen) atoms. The van der Waals surface area contributed by atoms with E-state index in [1.54, 1.807) is 12.1 Å². The smallest absolute Gasteiger partial charge is 0.416 e. The van der Waals surface area contributed by atoms with Crippen molar-refractivity contribution in [3.8, 4) is 11.3 Å². The maximum Gasteiger partial charge on any atom is 0.416 e. The summed E-state index contributed by atoms with van der Waals surface area (Å²) >= 11 is 6.16. The molecule has 5 rings (SSSR count). The molecule has 1 saturated carbocycles. The van der Waals surface area contributed by atoms with E-state index in [-0.39, 0.29) is 10.6 Å². The van der Waals surface area contributed by atoms with Gasteiger partial charge >= 0.3 is 6.18 Å². The summed E-state index contributed by atoms with van der Waals surface area (Å²) in [6, 6.07) is 6.73. The second-order valence-corrected chi connectivity index (χ2v) is 9.36. The molecule has 3 aromatic rings. The van der Waals surface area contributed by atoms with Crippen LogP contribution in [0.5, 0.6) is 0 Å². The van der Waals surface area contributed by atoms with Crippen LogP contribution < -0.4 is 0 Å². The lowest BCUT2D eigenvalue weighted by molar-refractivity contribution is -0.137. The molecule has 2 aromatic heterocycles. The fourth-order valence-corrected chi connectivity index (χ4v) is 5.01. The van der Waals surface area contributed by atoms with Gasteiger partial charge in [-0.25, -0.2) is 9.97 Å². The molecule has 0 N–H and O–H groups in total. The summed E-state index contributed by atoms with van der Waals surface area (Å²) in [5, 5.41) is 0.224. The number of rotatable bonds is 4. The Kier molecular flexibility index (Phi) is 6.18. The Bertz CT molecular complexity index is 1140. The monoisotopic (exact) mass is 475 g/mol. The van der Waals surface area contributed by atoms with Crippen molar-refractivity contribution in [3.05, 3.63) is 70.0 Å². The van der Waals surface area contributed by atoms with Gasteiger partial charge in [0.15, 0.2) is 0 Å². The van der Waals surface area contributed by atoms with Gasteiger partial charge in [0.1, 0.15) is 17.3 Å². The number of nitrogens with zero attached hydrogens (tertiary/aromatic N) is 3. The second kappa shape index (κ2) is 9.11. The van der Waals surface area contributed by atoms with E-state index in [1.165, 1.54) is 38.2 Å². The summed E-state index contributed by atoms with van der Waals surface area (Å²) in [6.07, 6.45) is 4.58. The van der Waals surface area contributed by atoms with E-state index in [4.69, 9.17) is 21.0 Å². The standard InChI is InChI=1S/C25H25ClF3N3O/c26-21-8-6-18(25(27,28)29)12-20(21)23-9-7-19(33-23)15-32-11-10-22-17(14-32)13-30-24(31-22)16-4-2-1-3-5-16/h6-9,12-13,16H,1-5,10-11,14-15H2. The lowest BCUT2D eigenvalue weighted by atomic mass is 9.88. The van der Waals surface area contributed by atoms with Crippen LogP contribution in [0.2, 0.25) is 5.02 Å². The molecule has 4 nitrogen and oxygen atoms in total. The molecule has 1 fully saturated rings. The third-order valence-electron chi connectivity index (χ3n) is 6.60. The Hall–Kier alpha value is -2.38. The number of alkyl halides is 3. The number of hydrogen-bond donors (Lipinski definition) is 0. The van der Waals surface area contributed by atoms with Crippen molar-refractivity contribution >= 4 is 11.6 Å². The first kappa shape index (κ1) is 22.4. The van der Waals surface area contributed by atoms with E-state index in [9.17, 15) is 13.2 Å². The normalized spacial score (nSPS) is 17.8. The number of benzene rings is 1. The summed E-state index contributed by atoms with van der Waals surface area (Å²) in [5.41, 5.74) is 1.76. The van der Waals surface area contributed by atoms with E-state index >= 15 is 0 Å². The molecule has 0 saturated heterocycles. The maximum atomic E-state index is 13.1. The van der Waals surface area contributed by atoms with Crippen molar-refractivity contribution in [2.24, 2.45) is 0 Å². The largest absolute Gasteiger partial charge is 0.460 e. The van der Waals surface area contributed by atoms with Crippen molar-refractivity contribution in [2.75, 3.05) is 6.54 Å². The second-order valence-electron chi connectivity index (χ2n) is 8.95. The Morgan fingerprint density at radius 3 is 2.70 bits per heavy atom. The van der Waals surface area contributed by atoms with Gasteiger partial charge in [0.25, 0.3) is 0 Å². The van der Waals surface area contributed by atoms with Crippen molar-refractivity contribution in [1.29, 1.82) is 0 Å². The summed E-state index contributed by atoms with van der Waals surface area (Å²) in [7, 11) is 0. The van der Waals surface area contributed by atoms with E-state index in [0.717, 1.165) is 48.7 Å². The van der Waals surface area contributed by atoms with Crippen molar-refractivity contribution in [1.82, 2.24) is 14.9 Å². The van der Waals surface area contributed by atoms with Gasteiger partial charge in [-0.3, -0.25) is 4.90 Å². The number of hydrogen-bond acceptors (Lipinski definition) is 4. The average Bonchev–Trinajstić information content (AvgIpc) is 3.27. The molecule has 0 unspecified atom stereocenters. The van der Waals surface area contributed by atoms with Crippen molar-refractivity contribution < 1.29 is 17.6 Å². The number of fused-ring (bicyclic) bond motifs is 1. The zero-order valence-corrected chi connectivity index (χ0v) is 18.9. The highest BCUT2D eigenvalue weighted by atomic mass is 35.5. The zero-order chi connectivity index (χ0) is 23.0. The van der Waals surface area contributed by atoms with Gasteiger partial charge in [0.2, 0.25) is 0 Å². The minimum atomic E-state index is -4.44. The topological polar surface area (TPSA) is 42.2 Å². The Morgan fingerprint density at radius 2 is 1.91 bits per heavy atom.